The van der Waals surface area contributed by atoms with Crippen LogP contribution in [-0.4, -0.2) is 17.6 Å². The molecule has 0 aliphatic rings. The van der Waals surface area contributed by atoms with E-state index in [0.29, 0.717) is 19.4 Å². The summed E-state index contributed by atoms with van der Waals surface area (Å²) in [6.45, 7) is 2.78. The van der Waals surface area contributed by atoms with Crippen molar-refractivity contribution in [2.24, 2.45) is 0 Å². The first-order valence-corrected chi connectivity index (χ1v) is 5.65. The quantitative estimate of drug-likeness (QED) is 0.719. The van der Waals surface area contributed by atoms with Gasteiger partial charge in [0.05, 0.1) is 0 Å². The van der Waals surface area contributed by atoms with Crippen LogP contribution in [0.5, 0.6) is 0 Å². The van der Waals surface area contributed by atoms with E-state index in [9.17, 15) is 4.79 Å². The van der Waals surface area contributed by atoms with Crippen LogP contribution in [0.1, 0.15) is 30.4 Å². The number of rotatable bonds is 6. The normalized spacial score (nSPS) is 10.1. The van der Waals surface area contributed by atoms with Gasteiger partial charge in [-0.2, -0.15) is 0 Å². The summed E-state index contributed by atoms with van der Waals surface area (Å²) in [4.78, 5) is 11.4. The third-order valence-electron chi connectivity index (χ3n) is 2.38. The van der Waals surface area contributed by atoms with Gasteiger partial charge in [0.25, 0.3) is 0 Å². The molecule has 0 radical (unpaired) electrons. The molecule has 1 aromatic rings. The summed E-state index contributed by atoms with van der Waals surface area (Å²) in [5.41, 5.74) is 2.32. The third kappa shape index (κ3) is 4.94. The van der Waals surface area contributed by atoms with Crippen molar-refractivity contribution in [1.82, 2.24) is 5.32 Å². The topological polar surface area (TPSA) is 49.3 Å². The van der Waals surface area contributed by atoms with Crippen molar-refractivity contribution < 1.29 is 9.90 Å². The summed E-state index contributed by atoms with van der Waals surface area (Å²) in [5.74, 6) is 0.0509. The van der Waals surface area contributed by atoms with Crippen molar-refractivity contribution >= 4 is 5.91 Å². The Kier molecular flexibility index (Phi) is 5.57. The number of carbonyl (C=O) groups excluding carboxylic acids is 1. The minimum Gasteiger partial charge on any atom is -0.396 e. The number of aliphatic hydroxyl groups excluding tert-OH is 1. The Hall–Kier alpha value is -1.35. The minimum atomic E-state index is 0.0509. The first kappa shape index (κ1) is 12.7. The van der Waals surface area contributed by atoms with Crippen LogP contribution in [0.25, 0.3) is 0 Å². The van der Waals surface area contributed by atoms with Crippen LogP contribution < -0.4 is 5.32 Å². The standard InChI is InChI=1S/C13H19NO2/c1-11-5-4-6-12(9-11)10-14-13(16)7-2-3-8-15/h4-6,9,15H,2-3,7-8,10H2,1H3,(H,14,16). The molecular formula is C13H19NO2. The number of benzene rings is 1. The maximum atomic E-state index is 11.4. The molecule has 0 heterocycles. The Morgan fingerprint density at radius 3 is 2.88 bits per heavy atom. The van der Waals surface area contributed by atoms with Crippen LogP contribution in [0.15, 0.2) is 24.3 Å². The molecule has 0 saturated carbocycles. The van der Waals surface area contributed by atoms with Gasteiger partial charge in [0.1, 0.15) is 0 Å². The molecule has 1 rings (SSSR count). The number of amides is 1. The smallest absolute Gasteiger partial charge is 0.220 e. The second kappa shape index (κ2) is 7.01. The van der Waals surface area contributed by atoms with Crippen LogP contribution >= 0.6 is 0 Å². The predicted molar refractivity (Wildman–Crippen MR) is 64.0 cm³/mol. The van der Waals surface area contributed by atoms with Crippen molar-refractivity contribution in [3.05, 3.63) is 35.4 Å². The molecule has 0 spiro atoms. The average molecular weight is 221 g/mol. The van der Waals surface area contributed by atoms with Gasteiger partial charge in [-0.15, -0.1) is 0 Å². The summed E-state index contributed by atoms with van der Waals surface area (Å²) >= 11 is 0. The van der Waals surface area contributed by atoms with Crippen LogP contribution in [0, 0.1) is 6.92 Å². The fraction of sp³-hybridized carbons (Fsp3) is 0.462. The minimum absolute atomic E-state index is 0.0509. The van der Waals surface area contributed by atoms with Crippen LogP contribution in [0.3, 0.4) is 0 Å². The maximum absolute atomic E-state index is 11.4. The van der Waals surface area contributed by atoms with Crippen molar-refractivity contribution in [1.29, 1.82) is 0 Å². The molecule has 1 amide bonds. The number of aliphatic hydroxyl groups is 1. The number of aryl methyl sites for hydroxylation is 1. The van der Waals surface area contributed by atoms with E-state index in [1.165, 1.54) is 5.56 Å². The van der Waals surface area contributed by atoms with Gasteiger partial charge in [-0.25, -0.2) is 0 Å². The Morgan fingerprint density at radius 2 is 2.19 bits per heavy atom. The summed E-state index contributed by atoms with van der Waals surface area (Å²) in [7, 11) is 0. The molecule has 0 bridgehead atoms. The largest absolute Gasteiger partial charge is 0.396 e. The molecule has 3 nitrogen and oxygen atoms in total. The molecule has 16 heavy (non-hydrogen) atoms. The van der Waals surface area contributed by atoms with Crippen molar-refractivity contribution in [3.8, 4) is 0 Å². The number of hydrogen-bond acceptors (Lipinski definition) is 2. The summed E-state index contributed by atoms with van der Waals surface area (Å²) in [6, 6.07) is 8.09. The maximum Gasteiger partial charge on any atom is 0.220 e. The van der Waals surface area contributed by atoms with E-state index >= 15 is 0 Å². The van der Waals surface area contributed by atoms with E-state index in [2.05, 4.69) is 11.4 Å². The lowest BCUT2D eigenvalue weighted by molar-refractivity contribution is -0.121. The Bertz CT molecular complexity index is 336. The molecule has 3 heteroatoms. The molecule has 0 fully saturated rings. The SMILES string of the molecule is Cc1cccc(CNC(=O)CCCCO)c1. The molecule has 0 unspecified atom stereocenters. The third-order valence-corrected chi connectivity index (χ3v) is 2.38. The molecule has 0 aromatic heterocycles. The highest BCUT2D eigenvalue weighted by Gasteiger charge is 2.00. The van der Waals surface area contributed by atoms with E-state index in [1.54, 1.807) is 0 Å². The van der Waals surface area contributed by atoms with Gasteiger partial charge in [0, 0.05) is 19.6 Å². The van der Waals surface area contributed by atoms with Gasteiger partial charge >= 0.3 is 0 Å². The molecule has 1 aromatic carbocycles. The summed E-state index contributed by atoms with van der Waals surface area (Å²) in [6.07, 6.45) is 1.93. The molecule has 88 valence electrons. The van der Waals surface area contributed by atoms with Gasteiger partial charge < -0.3 is 10.4 Å². The zero-order valence-corrected chi connectivity index (χ0v) is 9.70. The number of hydrogen-bond donors (Lipinski definition) is 2. The van der Waals surface area contributed by atoms with Crippen LogP contribution in [0.4, 0.5) is 0 Å². The zero-order chi connectivity index (χ0) is 11.8. The predicted octanol–water partition coefficient (Wildman–Crippen LogP) is 1.77. The first-order valence-electron chi connectivity index (χ1n) is 5.65. The molecule has 0 saturated heterocycles. The lowest BCUT2D eigenvalue weighted by Gasteiger charge is -2.05. The van der Waals surface area contributed by atoms with Crippen molar-refractivity contribution in [3.63, 3.8) is 0 Å². The summed E-state index contributed by atoms with van der Waals surface area (Å²) < 4.78 is 0. The lowest BCUT2D eigenvalue weighted by atomic mass is 10.1. The van der Waals surface area contributed by atoms with Gasteiger partial charge in [-0.05, 0) is 25.3 Å². The van der Waals surface area contributed by atoms with E-state index in [4.69, 9.17) is 5.11 Å². The molecule has 2 N–H and O–H groups in total. The Balaban J connectivity index is 2.26. The van der Waals surface area contributed by atoms with Gasteiger partial charge in [-0.1, -0.05) is 29.8 Å². The fourth-order valence-electron chi connectivity index (χ4n) is 1.51. The molecule has 0 aliphatic heterocycles. The monoisotopic (exact) mass is 221 g/mol. The van der Waals surface area contributed by atoms with E-state index in [0.717, 1.165) is 12.0 Å². The highest BCUT2D eigenvalue weighted by Crippen LogP contribution is 2.03. The number of carbonyl (C=O) groups is 1. The van der Waals surface area contributed by atoms with Gasteiger partial charge in [-0.3, -0.25) is 4.79 Å². The summed E-state index contributed by atoms with van der Waals surface area (Å²) in [5, 5.41) is 11.5. The highest BCUT2D eigenvalue weighted by atomic mass is 16.2. The number of nitrogens with one attached hydrogen (secondary N) is 1. The van der Waals surface area contributed by atoms with Gasteiger partial charge in [0.2, 0.25) is 5.91 Å². The Labute approximate surface area is 96.5 Å². The van der Waals surface area contributed by atoms with Gasteiger partial charge in [0.15, 0.2) is 0 Å². The van der Waals surface area contributed by atoms with E-state index in [1.807, 2.05) is 25.1 Å². The van der Waals surface area contributed by atoms with Crippen molar-refractivity contribution in [2.75, 3.05) is 6.61 Å². The van der Waals surface area contributed by atoms with Crippen LogP contribution in [0.2, 0.25) is 0 Å². The fourth-order valence-corrected chi connectivity index (χ4v) is 1.51. The molecule has 0 atom stereocenters. The highest BCUT2D eigenvalue weighted by molar-refractivity contribution is 5.75. The Morgan fingerprint density at radius 1 is 1.38 bits per heavy atom. The van der Waals surface area contributed by atoms with Crippen molar-refractivity contribution in [2.45, 2.75) is 32.7 Å². The second-order valence-corrected chi connectivity index (χ2v) is 3.95. The average Bonchev–Trinajstić information content (AvgIpc) is 2.27. The molecular weight excluding hydrogens is 202 g/mol. The first-order chi connectivity index (χ1) is 7.72. The number of unbranched alkanes of at least 4 members (excludes halogenated alkanes) is 1. The van der Waals surface area contributed by atoms with E-state index in [-0.39, 0.29) is 12.5 Å². The zero-order valence-electron chi connectivity index (χ0n) is 9.70. The van der Waals surface area contributed by atoms with Crippen LogP contribution in [-0.2, 0) is 11.3 Å². The lowest BCUT2D eigenvalue weighted by Crippen LogP contribution is -2.22. The molecule has 0 aliphatic carbocycles. The second-order valence-electron chi connectivity index (χ2n) is 3.95. The van der Waals surface area contributed by atoms with E-state index < -0.39 is 0 Å².